The first-order chi connectivity index (χ1) is 8.02. The summed E-state index contributed by atoms with van der Waals surface area (Å²) < 4.78 is 28.6. The van der Waals surface area contributed by atoms with E-state index < -0.39 is 17.7 Å². The molecule has 0 radical (unpaired) electrons. The topological polar surface area (TPSA) is 38.1 Å². The second kappa shape index (κ2) is 4.25. The molecule has 1 unspecified atom stereocenters. The molecule has 0 aliphatic carbocycles. The molecule has 0 aliphatic heterocycles. The highest BCUT2D eigenvalue weighted by Crippen LogP contribution is 2.26. The second-order valence-electron chi connectivity index (χ2n) is 3.93. The first-order valence-corrected chi connectivity index (χ1v) is 5.11. The summed E-state index contributed by atoms with van der Waals surface area (Å²) in [6.07, 6.45) is 1.68. The van der Waals surface area contributed by atoms with Crippen molar-refractivity contribution in [3.8, 4) is 0 Å². The third-order valence-corrected chi connectivity index (χ3v) is 2.73. The molecule has 0 bridgehead atoms. The smallest absolute Gasteiger partial charge is 0.165 e. The molecule has 0 amide bonds. The predicted molar refractivity (Wildman–Crippen MR) is 58.4 cm³/mol. The Morgan fingerprint density at radius 2 is 2.00 bits per heavy atom. The van der Waals surface area contributed by atoms with E-state index in [9.17, 15) is 13.9 Å². The minimum absolute atomic E-state index is 0.0864. The fraction of sp³-hybridized carbons (Fsp3) is 0.250. The van der Waals surface area contributed by atoms with Gasteiger partial charge in [0, 0.05) is 12.6 Å². The van der Waals surface area contributed by atoms with Crippen molar-refractivity contribution in [2.75, 3.05) is 0 Å². The first kappa shape index (κ1) is 11.7. The Kier molecular flexibility index (Phi) is 2.93. The van der Waals surface area contributed by atoms with Gasteiger partial charge in [-0.25, -0.2) is 13.8 Å². The lowest BCUT2D eigenvalue weighted by Crippen LogP contribution is -2.08. The van der Waals surface area contributed by atoms with Crippen LogP contribution in [0.2, 0.25) is 0 Å². The maximum atomic E-state index is 13.7. The van der Waals surface area contributed by atoms with Gasteiger partial charge in [-0.15, -0.1) is 0 Å². The summed E-state index contributed by atoms with van der Waals surface area (Å²) in [5, 5.41) is 9.99. The maximum absolute atomic E-state index is 13.7. The van der Waals surface area contributed by atoms with Gasteiger partial charge >= 0.3 is 0 Å². The van der Waals surface area contributed by atoms with Crippen LogP contribution in [0.3, 0.4) is 0 Å². The van der Waals surface area contributed by atoms with Crippen molar-refractivity contribution in [3.63, 3.8) is 0 Å². The Labute approximate surface area is 97.3 Å². The molecule has 3 nitrogen and oxygen atoms in total. The number of aliphatic hydroxyl groups is 1. The van der Waals surface area contributed by atoms with Crippen molar-refractivity contribution >= 4 is 0 Å². The lowest BCUT2D eigenvalue weighted by atomic mass is 10.0. The molecule has 0 saturated heterocycles. The van der Waals surface area contributed by atoms with Crippen molar-refractivity contribution in [1.82, 2.24) is 9.55 Å². The van der Waals surface area contributed by atoms with Gasteiger partial charge in [-0.3, -0.25) is 0 Å². The van der Waals surface area contributed by atoms with Gasteiger partial charge in [0.15, 0.2) is 11.6 Å². The summed E-state index contributed by atoms with van der Waals surface area (Å²) in [7, 11) is 1.67. The number of nitrogens with zero attached hydrogens (tertiary/aromatic N) is 2. The lowest BCUT2D eigenvalue weighted by Gasteiger charge is -2.13. The summed E-state index contributed by atoms with van der Waals surface area (Å²) in [6, 6.07) is 2.82. The van der Waals surface area contributed by atoms with Crippen LogP contribution in [-0.4, -0.2) is 14.7 Å². The number of imidazole rings is 1. The van der Waals surface area contributed by atoms with E-state index in [0.29, 0.717) is 5.69 Å². The zero-order valence-corrected chi connectivity index (χ0v) is 9.48. The van der Waals surface area contributed by atoms with Gasteiger partial charge in [0.2, 0.25) is 0 Å². The molecule has 1 aromatic heterocycles. The standard InChI is InChI=1S/C12H12F2N2O/c1-7-3-4-8(11(14)10(7)13)12(17)9-5-15-6-16(9)2/h3-6,12,17H,1-2H3. The fourth-order valence-electron chi connectivity index (χ4n) is 1.66. The largest absolute Gasteiger partial charge is 0.382 e. The number of benzene rings is 1. The number of aromatic nitrogens is 2. The van der Waals surface area contributed by atoms with E-state index in [-0.39, 0.29) is 11.1 Å². The average molecular weight is 238 g/mol. The van der Waals surface area contributed by atoms with Crippen molar-refractivity contribution in [1.29, 1.82) is 0 Å². The highest BCUT2D eigenvalue weighted by Gasteiger charge is 2.20. The SMILES string of the molecule is Cc1ccc(C(O)c2cncn2C)c(F)c1F. The molecule has 17 heavy (non-hydrogen) atoms. The number of halogens is 2. The van der Waals surface area contributed by atoms with E-state index in [4.69, 9.17) is 0 Å². The van der Waals surface area contributed by atoms with Gasteiger partial charge in [0.25, 0.3) is 0 Å². The average Bonchev–Trinajstić information content (AvgIpc) is 2.72. The molecule has 1 aromatic carbocycles. The minimum Gasteiger partial charge on any atom is -0.382 e. The number of aryl methyl sites for hydroxylation is 2. The van der Waals surface area contributed by atoms with Crippen LogP contribution in [0.15, 0.2) is 24.7 Å². The molecule has 2 aromatic rings. The third kappa shape index (κ3) is 1.93. The van der Waals surface area contributed by atoms with Crippen molar-refractivity contribution in [3.05, 3.63) is 53.1 Å². The van der Waals surface area contributed by atoms with Crippen LogP contribution >= 0.6 is 0 Å². The molecule has 0 fully saturated rings. The Hall–Kier alpha value is -1.75. The number of hydrogen-bond donors (Lipinski definition) is 1. The Bertz CT molecular complexity index is 551. The van der Waals surface area contributed by atoms with Crippen molar-refractivity contribution in [2.45, 2.75) is 13.0 Å². The number of aliphatic hydroxyl groups excluding tert-OH is 1. The molecule has 1 N–H and O–H groups in total. The van der Waals surface area contributed by atoms with E-state index >= 15 is 0 Å². The van der Waals surface area contributed by atoms with Crippen LogP contribution in [0.1, 0.15) is 22.9 Å². The molecule has 0 aliphatic rings. The van der Waals surface area contributed by atoms with Crippen LogP contribution in [0.5, 0.6) is 0 Å². The summed E-state index contributed by atoms with van der Waals surface area (Å²) in [6.45, 7) is 1.47. The van der Waals surface area contributed by atoms with Gasteiger partial charge < -0.3 is 9.67 Å². The zero-order chi connectivity index (χ0) is 12.6. The highest BCUT2D eigenvalue weighted by molar-refractivity contribution is 5.31. The summed E-state index contributed by atoms with van der Waals surface area (Å²) in [5.74, 6) is -1.94. The molecule has 0 saturated carbocycles. The van der Waals surface area contributed by atoms with Crippen LogP contribution in [-0.2, 0) is 7.05 Å². The van der Waals surface area contributed by atoms with Gasteiger partial charge in [-0.05, 0) is 12.5 Å². The van der Waals surface area contributed by atoms with E-state index in [1.54, 1.807) is 11.6 Å². The Balaban J connectivity index is 2.48. The third-order valence-electron chi connectivity index (χ3n) is 2.73. The van der Waals surface area contributed by atoms with Gasteiger partial charge in [-0.2, -0.15) is 0 Å². The molecular formula is C12H12F2N2O. The zero-order valence-electron chi connectivity index (χ0n) is 9.48. The fourth-order valence-corrected chi connectivity index (χ4v) is 1.66. The quantitative estimate of drug-likeness (QED) is 0.870. The predicted octanol–water partition coefficient (Wildman–Crippen LogP) is 2.09. The van der Waals surface area contributed by atoms with Crippen LogP contribution < -0.4 is 0 Å². The van der Waals surface area contributed by atoms with Crippen molar-refractivity contribution < 1.29 is 13.9 Å². The molecule has 90 valence electrons. The van der Waals surface area contributed by atoms with Gasteiger partial charge in [-0.1, -0.05) is 12.1 Å². The molecule has 0 spiro atoms. The molecule has 2 rings (SSSR count). The number of hydrogen-bond acceptors (Lipinski definition) is 2. The van der Waals surface area contributed by atoms with E-state index in [0.717, 1.165) is 0 Å². The maximum Gasteiger partial charge on any atom is 0.165 e. The van der Waals surface area contributed by atoms with E-state index in [1.807, 2.05) is 0 Å². The van der Waals surface area contributed by atoms with Crippen molar-refractivity contribution in [2.24, 2.45) is 7.05 Å². The molecular weight excluding hydrogens is 226 g/mol. The highest BCUT2D eigenvalue weighted by atomic mass is 19.2. The monoisotopic (exact) mass is 238 g/mol. The lowest BCUT2D eigenvalue weighted by molar-refractivity contribution is 0.204. The minimum atomic E-state index is -1.22. The van der Waals surface area contributed by atoms with E-state index in [1.165, 1.54) is 31.6 Å². The van der Waals surface area contributed by atoms with Gasteiger partial charge in [0.1, 0.15) is 6.10 Å². The molecule has 5 heteroatoms. The van der Waals surface area contributed by atoms with Crippen LogP contribution in [0.4, 0.5) is 8.78 Å². The van der Waals surface area contributed by atoms with E-state index in [2.05, 4.69) is 4.98 Å². The summed E-state index contributed by atoms with van der Waals surface area (Å²) in [5.41, 5.74) is 0.535. The molecule has 1 atom stereocenters. The number of rotatable bonds is 2. The Morgan fingerprint density at radius 3 is 2.59 bits per heavy atom. The van der Waals surface area contributed by atoms with Gasteiger partial charge in [0.05, 0.1) is 18.2 Å². The second-order valence-corrected chi connectivity index (χ2v) is 3.93. The normalized spacial score (nSPS) is 12.8. The summed E-state index contributed by atoms with van der Waals surface area (Å²) in [4.78, 5) is 3.82. The molecule has 1 heterocycles. The van der Waals surface area contributed by atoms with Crippen LogP contribution in [0, 0.1) is 18.6 Å². The summed E-state index contributed by atoms with van der Waals surface area (Å²) >= 11 is 0. The Morgan fingerprint density at radius 1 is 1.29 bits per heavy atom. The first-order valence-electron chi connectivity index (χ1n) is 5.11. The van der Waals surface area contributed by atoms with Crippen LogP contribution in [0.25, 0.3) is 0 Å².